The highest BCUT2D eigenvalue weighted by Gasteiger charge is 2.37. The van der Waals surface area contributed by atoms with Crippen molar-refractivity contribution < 1.29 is 23.5 Å². The largest absolute Gasteiger partial charge is 0.487 e. The van der Waals surface area contributed by atoms with Crippen molar-refractivity contribution in [2.75, 3.05) is 0 Å². The molecule has 4 rings (SSSR count). The number of nitrogens with zero attached hydrogens (tertiary/aromatic N) is 1. The summed E-state index contributed by atoms with van der Waals surface area (Å²) >= 11 is 0. The number of nitrogens with one attached hydrogen (secondary N) is 2. The molecule has 1 fully saturated rings. The van der Waals surface area contributed by atoms with Crippen LogP contribution in [0.5, 0.6) is 5.75 Å². The molecule has 35 heavy (non-hydrogen) atoms. The van der Waals surface area contributed by atoms with E-state index in [1.54, 1.807) is 33.8 Å². The van der Waals surface area contributed by atoms with Crippen LogP contribution in [-0.2, 0) is 16.0 Å². The highest BCUT2D eigenvalue weighted by molar-refractivity contribution is 5.85. The number of ether oxygens (including phenoxy) is 2. The topological polar surface area (TPSA) is 102 Å². The van der Waals surface area contributed by atoms with Crippen LogP contribution in [0.4, 0.5) is 4.79 Å². The van der Waals surface area contributed by atoms with Crippen LogP contribution in [0.15, 0.2) is 27.7 Å². The molecule has 1 aliphatic carbocycles. The third kappa shape index (κ3) is 5.97. The summed E-state index contributed by atoms with van der Waals surface area (Å²) in [7, 11) is 0. The van der Waals surface area contributed by atoms with Gasteiger partial charge in [0.2, 0.25) is 5.55 Å². The van der Waals surface area contributed by atoms with Gasteiger partial charge in [0.15, 0.2) is 0 Å². The number of benzene rings is 1. The lowest BCUT2D eigenvalue weighted by Crippen LogP contribution is -2.47. The van der Waals surface area contributed by atoms with Crippen LogP contribution in [0.2, 0.25) is 0 Å². The summed E-state index contributed by atoms with van der Waals surface area (Å²) in [5.74, 6) is 0.446. The van der Waals surface area contributed by atoms with E-state index in [9.17, 15) is 9.59 Å². The molecule has 0 saturated heterocycles. The molecule has 190 valence electrons. The average Bonchev–Trinajstić information content (AvgIpc) is 2.79. The number of fused-ring (bicyclic) bond motifs is 2. The maximum absolute atomic E-state index is 12.6. The van der Waals surface area contributed by atoms with Crippen molar-refractivity contribution >= 4 is 23.0 Å². The lowest BCUT2D eigenvalue weighted by Gasteiger charge is -2.41. The zero-order valence-electron chi connectivity index (χ0n) is 21.5. The molecule has 2 aromatic rings. The zero-order chi connectivity index (χ0) is 25.2. The predicted octanol–water partition coefficient (Wildman–Crippen LogP) is 5.00. The molecule has 2 amide bonds. The number of amides is 2. The molecule has 1 aromatic carbocycles. The third-order valence-electron chi connectivity index (χ3n) is 6.78. The van der Waals surface area contributed by atoms with E-state index >= 15 is 0 Å². The Balaban J connectivity index is 1.52. The van der Waals surface area contributed by atoms with Crippen LogP contribution < -0.4 is 21.0 Å². The summed E-state index contributed by atoms with van der Waals surface area (Å²) in [6, 6.07) is 5.14. The van der Waals surface area contributed by atoms with Gasteiger partial charge in [0, 0.05) is 17.5 Å². The Morgan fingerprint density at radius 1 is 1.14 bits per heavy atom. The SMILES string of the molecule is CC[C@H](NC(=O)OC(C)(C)C)C(=O)N/N=c1/cc(C)c2cc3c(cc2o1)OC1(CCCCC1)CC3. The van der Waals surface area contributed by atoms with Gasteiger partial charge in [-0.3, -0.25) is 4.79 Å². The van der Waals surface area contributed by atoms with Gasteiger partial charge in [-0.25, -0.2) is 10.2 Å². The number of hydrogen-bond acceptors (Lipinski definition) is 6. The molecule has 0 unspecified atom stereocenters. The smallest absolute Gasteiger partial charge is 0.408 e. The monoisotopic (exact) mass is 483 g/mol. The second-order valence-corrected chi connectivity index (χ2v) is 10.8. The fraction of sp³-hybridized carbons (Fsp3) is 0.593. The molecule has 1 aliphatic heterocycles. The summed E-state index contributed by atoms with van der Waals surface area (Å²) in [6.45, 7) is 9.10. The molecular formula is C27H37N3O5. The minimum absolute atomic E-state index is 0.0414. The Morgan fingerprint density at radius 2 is 1.89 bits per heavy atom. The molecular weight excluding hydrogens is 446 g/mol. The first kappa shape index (κ1) is 25.1. The number of carbonyl (C=O) groups is 2. The normalized spacial score (nSPS) is 18.5. The summed E-state index contributed by atoms with van der Waals surface area (Å²) in [4.78, 5) is 24.7. The van der Waals surface area contributed by atoms with E-state index in [0.717, 1.165) is 42.4 Å². The molecule has 2 N–H and O–H groups in total. The molecule has 0 radical (unpaired) electrons. The number of hydrogen-bond donors (Lipinski definition) is 2. The molecule has 8 nitrogen and oxygen atoms in total. The van der Waals surface area contributed by atoms with Gasteiger partial charge >= 0.3 is 6.09 Å². The van der Waals surface area contributed by atoms with Gasteiger partial charge in [0.1, 0.15) is 28.6 Å². The van der Waals surface area contributed by atoms with Crippen molar-refractivity contribution in [3.05, 3.63) is 34.9 Å². The number of alkyl carbamates (subject to hydrolysis) is 1. The van der Waals surface area contributed by atoms with E-state index in [4.69, 9.17) is 13.9 Å². The Bertz CT molecular complexity index is 1170. The Kier molecular flexibility index (Phi) is 7.10. The second kappa shape index (κ2) is 9.91. The summed E-state index contributed by atoms with van der Waals surface area (Å²) < 4.78 is 17.8. The molecule has 1 saturated carbocycles. The molecule has 0 bridgehead atoms. The third-order valence-corrected chi connectivity index (χ3v) is 6.78. The maximum atomic E-state index is 12.6. The van der Waals surface area contributed by atoms with Gasteiger partial charge in [0.25, 0.3) is 5.91 Å². The van der Waals surface area contributed by atoms with Crippen LogP contribution >= 0.6 is 0 Å². The van der Waals surface area contributed by atoms with E-state index < -0.39 is 23.6 Å². The number of rotatable bonds is 4. The van der Waals surface area contributed by atoms with Gasteiger partial charge in [-0.2, -0.15) is 0 Å². The summed E-state index contributed by atoms with van der Waals surface area (Å²) in [5.41, 5.74) is 4.98. The first-order valence-electron chi connectivity index (χ1n) is 12.7. The molecule has 1 atom stereocenters. The maximum Gasteiger partial charge on any atom is 0.408 e. The van der Waals surface area contributed by atoms with Crippen molar-refractivity contribution in [2.45, 2.75) is 103 Å². The summed E-state index contributed by atoms with van der Waals surface area (Å²) in [6.07, 6.45) is 7.76. The standard InChI is InChI=1S/C27H37N3O5/c1-6-20(28-25(32)35-26(3,4)5)24(31)30-29-23-14-17(2)19-15-18-10-13-27(11-8-7-9-12-27)34-21(18)16-22(19)33-23/h14-16,20H,6-13H2,1-5H3,(H,28,32)(H,30,31)/b29-23-/t20-/m0/s1. The first-order chi connectivity index (χ1) is 16.6. The average molecular weight is 484 g/mol. The Hall–Kier alpha value is -3.03. The van der Waals surface area contributed by atoms with Gasteiger partial charge < -0.3 is 19.2 Å². The van der Waals surface area contributed by atoms with Crippen LogP contribution in [0.3, 0.4) is 0 Å². The van der Waals surface area contributed by atoms with Crippen LogP contribution in [0.25, 0.3) is 11.0 Å². The molecule has 1 spiro atoms. The van der Waals surface area contributed by atoms with E-state index in [2.05, 4.69) is 21.9 Å². The van der Waals surface area contributed by atoms with Crippen molar-refractivity contribution in [3.63, 3.8) is 0 Å². The number of aryl methyl sites for hydroxylation is 2. The highest BCUT2D eigenvalue weighted by Crippen LogP contribution is 2.43. The van der Waals surface area contributed by atoms with Crippen LogP contribution in [0.1, 0.15) is 83.8 Å². The van der Waals surface area contributed by atoms with E-state index in [0.29, 0.717) is 12.0 Å². The minimum Gasteiger partial charge on any atom is -0.487 e. The Morgan fingerprint density at radius 3 is 2.57 bits per heavy atom. The molecule has 1 aromatic heterocycles. The van der Waals surface area contributed by atoms with Crippen molar-refractivity contribution in [2.24, 2.45) is 5.10 Å². The quantitative estimate of drug-likeness (QED) is 0.596. The predicted molar refractivity (Wildman–Crippen MR) is 133 cm³/mol. The Labute approximate surface area is 206 Å². The summed E-state index contributed by atoms with van der Waals surface area (Å²) in [5, 5.41) is 7.76. The minimum atomic E-state index is -0.776. The van der Waals surface area contributed by atoms with Gasteiger partial charge in [0.05, 0.1) is 0 Å². The lowest BCUT2D eigenvalue weighted by molar-refractivity contribution is -0.123. The van der Waals surface area contributed by atoms with E-state index in [-0.39, 0.29) is 11.2 Å². The first-order valence-corrected chi connectivity index (χ1v) is 12.7. The molecule has 2 aliphatic rings. The second-order valence-electron chi connectivity index (χ2n) is 10.8. The fourth-order valence-electron chi connectivity index (χ4n) is 4.94. The van der Waals surface area contributed by atoms with Gasteiger partial charge in [-0.05, 0) is 89.8 Å². The number of carbonyl (C=O) groups excluding carboxylic acids is 2. The lowest BCUT2D eigenvalue weighted by atomic mass is 9.79. The van der Waals surface area contributed by atoms with Crippen molar-refractivity contribution in [1.82, 2.24) is 10.7 Å². The van der Waals surface area contributed by atoms with Gasteiger partial charge in [-0.15, -0.1) is 5.10 Å². The van der Waals surface area contributed by atoms with E-state index in [1.165, 1.54) is 24.8 Å². The van der Waals surface area contributed by atoms with Gasteiger partial charge in [-0.1, -0.05) is 13.3 Å². The highest BCUT2D eigenvalue weighted by atomic mass is 16.6. The van der Waals surface area contributed by atoms with Crippen molar-refractivity contribution in [3.8, 4) is 5.75 Å². The molecule has 8 heteroatoms. The van der Waals surface area contributed by atoms with Crippen LogP contribution in [0, 0.1) is 6.92 Å². The zero-order valence-corrected chi connectivity index (χ0v) is 21.5. The molecule has 2 heterocycles. The van der Waals surface area contributed by atoms with Crippen molar-refractivity contribution in [1.29, 1.82) is 0 Å². The fourth-order valence-corrected chi connectivity index (χ4v) is 4.94. The van der Waals surface area contributed by atoms with Crippen LogP contribution in [-0.4, -0.2) is 29.2 Å². The van der Waals surface area contributed by atoms with E-state index in [1.807, 2.05) is 13.0 Å².